The topological polar surface area (TPSA) is 38.5 Å². The summed E-state index contributed by atoms with van der Waals surface area (Å²) in [5.41, 5.74) is 7.34. The van der Waals surface area contributed by atoms with Crippen LogP contribution in [0, 0.1) is 5.92 Å². The van der Waals surface area contributed by atoms with Crippen LogP contribution in [0.15, 0.2) is 54.6 Å². The van der Waals surface area contributed by atoms with Crippen LogP contribution in [0.3, 0.4) is 0 Å². The molecule has 3 nitrogen and oxygen atoms in total. The zero-order valence-corrected chi connectivity index (χ0v) is 13.8. The molecule has 0 aromatic heterocycles. The molecule has 1 fully saturated rings. The van der Waals surface area contributed by atoms with Crippen LogP contribution >= 0.6 is 0 Å². The fraction of sp³-hybridized carbons (Fsp3) is 0.400. The Kier molecular flexibility index (Phi) is 5.31. The van der Waals surface area contributed by atoms with Gasteiger partial charge in [-0.25, -0.2) is 0 Å². The van der Waals surface area contributed by atoms with E-state index >= 15 is 0 Å². The molecule has 1 saturated heterocycles. The molecular weight excluding hydrogens is 284 g/mol. The molecule has 0 spiro atoms. The number of hydrogen-bond donors (Lipinski definition) is 1. The molecule has 2 aromatic rings. The molecule has 122 valence electrons. The lowest BCUT2D eigenvalue weighted by Gasteiger charge is -2.36. The molecule has 1 unspecified atom stereocenters. The third-order valence-electron chi connectivity index (χ3n) is 4.73. The van der Waals surface area contributed by atoms with Crippen molar-refractivity contribution < 1.29 is 4.74 Å². The van der Waals surface area contributed by atoms with Crippen molar-refractivity contribution in [1.29, 1.82) is 0 Å². The molecule has 3 heteroatoms. The number of likely N-dealkylation sites (tertiary alicyclic amines) is 1. The molecule has 0 bridgehead atoms. The Morgan fingerprint density at radius 2 is 1.61 bits per heavy atom. The number of ether oxygens (including phenoxy) is 1. The molecular formula is C20H26N2O. The van der Waals surface area contributed by atoms with E-state index in [2.05, 4.69) is 24.0 Å². The van der Waals surface area contributed by atoms with E-state index in [1.807, 2.05) is 42.5 Å². The van der Waals surface area contributed by atoms with Crippen LogP contribution < -0.4 is 10.5 Å². The van der Waals surface area contributed by atoms with Crippen molar-refractivity contribution in [2.45, 2.75) is 25.8 Å². The molecule has 2 aromatic carbocycles. The maximum absolute atomic E-state index is 6.06. The van der Waals surface area contributed by atoms with Crippen LogP contribution in [0.4, 0.5) is 0 Å². The van der Waals surface area contributed by atoms with Crippen molar-refractivity contribution in [3.05, 3.63) is 60.2 Å². The molecule has 2 N–H and O–H groups in total. The summed E-state index contributed by atoms with van der Waals surface area (Å²) in [5.74, 6) is 2.56. The standard InChI is InChI=1S/C20H26N2O/c1-16-11-13-22(14-12-16)20(15-21)17-7-9-19(10-8-17)23-18-5-3-2-4-6-18/h2-10,16,20H,11-15,21H2,1H3. The lowest BCUT2D eigenvalue weighted by molar-refractivity contribution is 0.141. The van der Waals surface area contributed by atoms with Gasteiger partial charge >= 0.3 is 0 Å². The van der Waals surface area contributed by atoms with Crippen LogP contribution in [-0.2, 0) is 0 Å². The average Bonchev–Trinajstić information content (AvgIpc) is 2.60. The molecule has 3 rings (SSSR count). The summed E-state index contributed by atoms with van der Waals surface area (Å²) in [6, 6.07) is 18.6. The first kappa shape index (κ1) is 16.0. The van der Waals surface area contributed by atoms with Crippen LogP contribution in [0.2, 0.25) is 0 Å². The monoisotopic (exact) mass is 310 g/mol. The SMILES string of the molecule is CC1CCN(C(CN)c2ccc(Oc3ccccc3)cc2)CC1. The Balaban J connectivity index is 1.67. The maximum atomic E-state index is 6.06. The lowest BCUT2D eigenvalue weighted by atomic mass is 9.96. The predicted molar refractivity (Wildman–Crippen MR) is 94.7 cm³/mol. The number of piperidine rings is 1. The zero-order chi connectivity index (χ0) is 16.1. The van der Waals surface area contributed by atoms with Gasteiger partial charge in [0.15, 0.2) is 0 Å². The first-order valence-electron chi connectivity index (χ1n) is 8.53. The predicted octanol–water partition coefficient (Wildman–Crippen LogP) is 4.21. The number of benzene rings is 2. The van der Waals surface area contributed by atoms with E-state index in [9.17, 15) is 0 Å². The Morgan fingerprint density at radius 3 is 2.22 bits per heavy atom. The average molecular weight is 310 g/mol. The minimum absolute atomic E-state index is 0.313. The summed E-state index contributed by atoms with van der Waals surface area (Å²) < 4.78 is 5.86. The molecule has 0 saturated carbocycles. The third kappa shape index (κ3) is 4.12. The van der Waals surface area contributed by atoms with E-state index in [0.29, 0.717) is 12.6 Å². The van der Waals surface area contributed by atoms with Crippen molar-refractivity contribution in [1.82, 2.24) is 4.90 Å². The lowest BCUT2D eigenvalue weighted by Crippen LogP contribution is -2.39. The fourth-order valence-corrected chi connectivity index (χ4v) is 3.22. The highest BCUT2D eigenvalue weighted by Crippen LogP contribution is 2.28. The highest BCUT2D eigenvalue weighted by atomic mass is 16.5. The van der Waals surface area contributed by atoms with E-state index in [-0.39, 0.29) is 0 Å². The van der Waals surface area contributed by atoms with E-state index in [0.717, 1.165) is 30.5 Å². The van der Waals surface area contributed by atoms with Gasteiger partial charge in [-0.15, -0.1) is 0 Å². The highest BCUT2D eigenvalue weighted by Gasteiger charge is 2.23. The molecule has 1 heterocycles. The second-order valence-electron chi connectivity index (χ2n) is 6.45. The van der Waals surface area contributed by atoms with Gasteiger partial charge in [-0.2, -0.15) is 0 Å². The number of para-hydroxylation sites is 1. The third-order valence-corrected chi connectivity index (χ3v) is 4.73. The number of nitrogens with two attached hydrogens (primary N) is 1. The summed E-state index contributed by atoms with van der Waals surface area (Å²) >= 11 is 0. The number of hydrogen-bond acceptors (Lipinski definition) is 3. The second-order valence-corrected chi connectivity index (χ2v) is 6.45. The molecule has 23 heavy (non-hydrogen) atoms. The van der Waals surface area contributed by atoms with E-state index in [1.165, 1.54) is 18.4 Å². The zero-order valence-electron chi connectivity index (χ0n) is 13.8. The number of nitrogens with zero attached hydrogens (tertiary/aromatic N) is 1. The Morgan fingerprint density at radius 1 is 1.00 bits per heavy atom. The van der Waals surface area contributed by atoms with Gasteiger partial charge in [0.05, 0.1) is 0 Å². The Labute approximate surface area is 139 Å². The Bertz CT molecular complexity index is 589. The minimum Gasteiger partial charge on any atom is -0.457 e. The molecule has 0 amide bonds. The van der Waals surface area contributed by atoms with E-state index in [4.69, 9.17) is 10.5 Å². The van der Waals surface area contributed by atoms with Gasteiger partial charge in [0, 0.05) is 12.6 Å². The van der Waals surface area contributed by atoms with Gasteiger partial charge in [-0.1, -0.05) is 37.3 Å². The first-order chi connectivity index (χ1) is 11.3. The quantitative estimate of drug-likeness (QED) is 0.899. The summed E-state index contributed by atoms with van der Waals surface area (Å²) in [7, 11) is 0. The van der Waals surface area contributed by atoms with Crippen molar-refractivity contribution in [3.63, 3.8) is 0 Å². The number of rotatable bonds is 5. The van der Waals surface area contributed by atoms with Crippen molar-refractivity contribution in [2.24, 2.45) is 11.7 Å². The van der Waals surface area contributed by atoms with Gasteiger partial charge < -0.3 is 10.5 Å². The molecule has 1 atom stereocenters. The summed E-state index contributed by atoms with van der Waals surface area (Å²) in [6.07, 6.45) is 2.54. The molecule has 1 aliphatic rings. The fourth-order valence-electron chi connectivity index (χ4n) is 3.22. The Hall–Kier alpha value is -1.84. The normalized spacial score (nSPS) is 17.8. The van der Waals surface area contributed by atoms with Crippen LogP contribution in [0.5, 0.6) is 11.5 Å². The van der Waals surface area contributed by atoms with Crippen LogP contribution in [-0.4, -0.2) is 24.5 Å². The second kappa shape index (κ2) is 7.62. The largest absolute Gasteiger partial charge is 0.457 e. The van der Waals surface area contributed by atoms with E-state index in [1.54, 1.807) is 0 Å². The smallest absolute Gasteiger partial charge is 0.127 e. The summed E-state index contributed by atoms with van der Waals surface area (Å²) in [5, 5.41) is 0. The van der Waals surface area contributed by atoms with Gasteiger partial charge in [0.1, 0.15) is 11.5 Å². The molecule has 0 radical (unpaired) electrons. The summed E-state index contributed by atoms with van der Waals surface area (Å²) in [4.78, 5) is 2.52. The van der Waals surface area contributed by atoms with Crippen molar-refractivity contribution in [3.8, 4) is 11.5 Å². The van der Waals surface area contributed by atoms with Crippen molar-refractivity contribution >= 4 is 0 Å². The van der Waals surface area contributed by atoms with Crippen LogP contribution in [0.1, 0.15) is 31.4 Å². The van der Waals surface area contributed by atoms with Gasteiger partial charge in [0.25, 0.3) is 0 Å². The summed E-state index contributed by atoms with van der Waals surface area (Å²) in [6.45, 7) is 5.29. The first-order valence-corrected chi connectivity index (χ1v) is 8.53. The van der Waals surface area contributed by atoms with E-state index < -0.39 is 0 Å². The molecule has 0 aliphatic carbocycles. The van der Waals surface area contributed by atoms with Crippen LogP contribution in [0.25, 0.3) is 0 Å². The minimum atomic E-state index is 0.313. The maximum Gasteiger partial charge on any atom is 0.127 e. The van der Waals surface area contributed by atoms with Gasteiger partial charge in [0.2, 0.25) is 0 Å². The highest BCUT2D eigenvalue weighted by molar-refractivity contribution is 5.34. The van der Waals surface area contributed by atoms with Gasteiger partial charge in [-0.05, 0) is 61.7 Å². The molecule has 1 aliphatic heterocycles. The van der Waals surface area contributed by atoms with Gasteiger partial charge in [-0.3, -0.25) is 4.90 Å². The van der Waals surface area contributed by atoms with Crippen molar-refractivity contribution in [2.75, 3.05) is 19.6 Å².